The third-order valence-electron chi connectivity index (χ3n) is 4.26. The summed E-state index contributed by atoms with van der Waals surface area (Å²) in [7, 11) is 0. The monoisotopic (exact) mass is 336 g/mol. The van der Waals surface area contributed by atoms with Crippen LogP contribution in [0, 0.1) is 6.92 Å². The molecular weight excluding hydrogens is 312 g/mol. The van der Waals surface area contributed by atoms with Gasteiger partial charge >= 0.3 is 0 Å². The molecule has 0 nitrogen and oxygen atoms in total. The highest BCUT2D eigenvalue weighted by molar-refractivity contribution is 5.77. The molecule has 0 heteroatoms. The van der Waals surface area contributed by atoms with Gasteiger partial charge in [-0.1, -0.05) is 96.6 Å². The number of hydrogen-bond acceptors (Lipinski definition) is 0. The van der Waals surface area contributed by atoms with E-state index in [1.807, 2.05) is 25.2 Å². The maximum Gasteiger partial charge on any atom is -0.0172 e. The summed E-state index contributed by atoms with van der Waals surface area (Å²) in [6.45, 7) is 4.14. The van der Waals surface area contributed by atoms with E-state index in [9.17, 15) is 0 Å². The quantitative estimate of drug-likeness (QED) is 0.424. The van der Waals surface area contributed by atoms with Gasteiger partial charge in [0.15, 0.2) is 0 Å². The molecule has 0 aliphatic carbocycles. The van der Waals surface area contributed by atoms with Gasteiger partial charge in [0, 0.05) is 0 Å². The number of aryl methyl sites for hydroxylation is 1. The summed E-state index contributed by atoms with van der Waals surface area (Å²) in [5.74, 6) is 0. The summed E-state index contributed by atoms with van der Waals surface area (Å²) >= 11 is 0. The Morgan fingerprint density at radius 3 is 1.85 bits per heavy atom. The molecule has 0 radical (unpaired) electrons. The molecule has 3 rings (SSSR count). The first-order valence-electron chi connectivity index (χ1n) is 9.00. The molecule has 128 valence electrons. The van der Waals surface area contributed by atoms with Gasteiger partial charge in [0.2, 0.25) is 0 Å². The van der Waals surface area contributed by atoms with Crippen LogP contribution in [-0.4, -0.2) is 0 Å². The Bertz CT molecular complexity index is 924. The van der Waals surface area contributed by atoms with Crippen LogP contribution in [0.2, 0.25) is 0 Å². The third kappa shape index (κ3) is 4.70. The maximum absolute atomic E-state index is 2.27. The molecule has 0 fully saturated rings. The minimum absolute atomic E-state index is 1.20. The largest absolute Gasteiger partial charge is 0.0877 e. The molecule has 26 heavy (non-hydrogen) atoms. The van der Waals surface area contributed by atoms with Crippen molar-refractivity contribution >= 4 is 6.08 Å². The van der Waals surface area contributed by atoms with Gasteiger partial charge in [-0.05, 0) is 59.9 Å². The van der Waals surface area contributed by atoms with Crippen LogP contribution in [-0.2, 0) is 0 Å². The molecule has 0 N–H and O–H groups in total. The average Bonchev–Trinajstić information content (AvgIpc) is 2.69. The number of hydrogen-bond donors (Lipinski definition) is 0. The van der Waals surface area contributed by atoms with Gasteiger partial charge in [-0.3, -0.25) is 0 Å². The number of allylic oxidation sites excluding steroid dienone is 5. The van der Waals surface area contributed by atoms with Crippen LogP contribution in [0.15, 0.2) is 103 Å². The van der Waals surface area contributed by atoms with Gasteiger partial charge in [-0.2, -0.15) is 0 Å². The molecule has 3 aromatic rings. The van der Waals surface area contributed by atoms with Crippen LogP contribution < -0.4 is 0 Å². The van der Waals surface area contributed by atoms with E-state index in [2.05, 4.69) is 97.9 Å². The van der Waals surface area contributed by atoms with Crippen molar-refractivity contribution in [2.75, 3.05) is 0 Å². The van der Waals surface area contributed by atoms with Crippen molar-refractivity contribution in [2.45, 2.75) is 13.8 Å². The summed E-state index contributed by atoms with van der Waals surface area (Å²) < 4.78 is 0. The van der Waals surface area contributed by atoms with Gasteiger partial charge in [0.25, 0.3) is 0 Å². The Labute approximate surface area is 156 Å². The summed E-state index contributed by atoms with van der Waals surface area (Å²) in [6, 6.07) is 26.0. The predicted molar refractivity (Wildman–Crippen MR) is 115 cm³/mol. The highest BCUT2D eigenvalue weighted by atomic mass is 14.1. The first kappa shape index (κ1) is 17.7. The third-order valence-corrected chi connectivity index (χ3v) is 4.26. The number of benzene rings is 3. The van der Waals surface area contributed by atoms with E-state index in [-0.39, 0.29) is 0 Å². The summed E-state index contributed by atoms with van der Waals surface area (Å²) in [4.78, 5) is 0. The standard InChI is InChI=1S/C26H24/c1-3-4-5-6-8-11-22-18-25(23-12-9-7-10-13-23)20-26(19-22)24-16-14-21(2)15-17-24/h3-20H,1-2H3/b4-3-,6-5-,11-8+. The van der Waals surface area contributed by atoms with E-state index in [0.717, 1.165) is 0 Å². The molecule has 0 amide bonds. The van der Waals surface area contributed by atoms with Crippen LogP contribution in [0.4, 0.5) is 0 Å². The van der Waals surface area contributed by atoms with E-state index in [4.69, 9.17) is 0 Å². The lowest BCUT2D eigenvalue weighted by atomic mass is 9.95. The highest BCUT2D eigenvalue weighted by Gasteiger charge is 2.04. The fraction of sp³-hybridized carbons (Fsp3) is 0.0769. The van der Waals surface area contributed by atoms with Crippen LogP contribution in [0.3, 0.4) is 0 Å². The second-order valence-electron chi connectivity index (χ2n) is 6.35. The second kappa shape index (κ2) is 8.82. The van der Waals surface area contributed by atoms with Crippen molar-refractivity contribution in [1.82, 2.24) is 0 Å². The van der Waals surface area contributed by atoms with Crippen molar-refractivity contribution in [3.8, 4) is 22.3 Å². The fourth-order valence-electron chi connectivity index (χ4n) is 2.86. The molecular formula is C26H24. The van der Waals surface area contributed by atoms with Crippen LogP contribution in [0.25, 0.3) is 28.3 Å². The maximum atomic E-state index is 2.27. The van der Waals surface area contributed by atoms with Crippen molar-refractivity contribution in [3.05, 3.63) is 114 Å². The van der Waals surface area contributed by atoms with E-state index < -0.39 is 0 Å². The van der Waals surface area contributed by atoms with Gasteiger partial charge < -0.3 is 0 Å². The zero-order valence-electron chi connectivity index (χ0n) is 15.4. The summed E-state index contributed by atoms with van der Waals surface area (Å²) in [5, 5.41) is 0. The van der Waals surface area contributed by atoms with E-state index >= 15 is 0 Å². The Morgan fingerprint density at radius 2 is 1.19 bits per heavy atom. The summed E-state index contributed by atoms with van der Waals surface area (Å²) in [5.41, 5.74) is 7.44. The lowest BCUT2D eigenvalue weighted by Crippen LogP contribution is -1.85. The molecule has 0 spiro atoms. The Hall–Kier alpha value is -3.12. The van der Waals surface area contributed by atoms with Crippen molar-refractivity contribution in [3.63, 3.8) is 0 Å². The summed E-state index contributed by atoms with van der Waals surface area (Å²) in [6.07, 6.45) is 12.4. The second-order valence-corrected chi connectivity index (χ2v) is 6.35. The number of rotatable bonds is 5. The molecule has 0 saturated carbocycles. The van der Waals surface area contributed by atoms with Crippen LogP contribution in [0.1, 0.15) is 18.1 Å². The Balaban J connectivity index is 2.03. The molecule has 0 heterocycles. The zero-order chi connectivity index (χ0) is 18.2. The molecule has 0 aliphatic heterocycles. The highest BCUT2D eigenvalue weighted by Crippen LogP contribution is 2.29. The first-order chi connectivity index (χ1) is 12.8. The normalized spacial score (nSPS) is 11.8. The van der Waals surface area contributed by atoms with Crippen LogP contribution >= 0.6 is 0 Å². The zero-order valence-corrected chi connectivity index (χ0v) is 15.4. The molecule has 0 aromatic heterocycles. The lowest BCUT2D eigenvalue weighted by Gasteiger charge is -2.09. The molecule has 0 atom stereocenters. The molecule has 0 aliphatic rings. The smallest absolute Gasteiger partial charge is 0.0172 e. The molecule has 3 aromatic carbocycles. The molecule has 0 saturated heterocycles. The van der Waals surface area contributed by atoms with Crippen molar-refractivity contribution in [1.29, 1.82) is 0 Å². The molecule has 0 unspecified atom stereocenters. The Kier molecular flexibility index (Phi) is 6.01. The Morgan fingerprint density at radius 1 is 0.577 bits per heavy atom. The predicted octanol–water partition coefficient (Wildman–Crippen LogP) is 7.47. The topological polar surface area (TPSA) is 0 Å². The van der Waals surface area contributed by atoms with Gasteiger partial charge in [0.1, 0.15) is 0 Å². The van der Waals surface area contributed by atoms with Crippen molar-refractivity contribution < 1.29 is 0 Å². The van der Waals surface area contributed by atoms with Gasteiger partial charge in [0.05, 0.1) is 0 Å². The van der Waals surface area contributed by atoms with Crippen molar-refractivity contribution in [2.24, 2.45) is 0 Å². The SMILES string of the molecule is C\C=C/C=C\C=C\c1cc(-c2ccccc2)cc(-c2ccc(C)cc2)c1. The molecule has 0 bridgehead atoms. The lowest BCUT2D eigenvalue weighted by molar-refractivity contribution is 1.47. The van der Waals surface area contributed by atoms with E-state index in [1.54, 1.807) is 0 Å². The average molecular weight is 336 g/mol. The van der Waals surface area contributed by atoms with E-state index in [0.29, 0.717) is 0 Å². The van der Waals surface area contributed by atoms with Crippen LogP contribution in [0.5, 0.6) is 0 Å². The minimum atomic E-state index is 1.20. The van der Waals surface area contributed by atoms with Gasteiger partial charge in [-0.15, -0.1) is 0 Å². The minimum Gasteiger partial charge on any atom is -0.0877 e. The van der Waals surface area contributed by atoms with Gasteiger partial charge in [-0.25, -0.2) is 0 Å². The fourth-order valence-corrected chi connectivity index (χ4v) is 2.86. The first-order valence-corrected chi connectivity index (χ1v) is 9.00. The van der Waals surface area contributed by atoms with E-state index in [1.165, 1.54) is 33.4 Å².